The quantitative estimate of drug-likeness (QED) is 0.556. The third-order valence-electron chi connectivity index (χ3n) is 8.04. The van der Waals surface area contributed by atoms with E-state index in [1.54, 1.807) is 25.9 Å². The summed E-state index contributed by atoms with van der Waals surface area (Å²) in [5.41, 5.74) is 1.79. The number of aromatic nitrogens is 1. The molecule has 1 aromatic heterocycles. The number of hydrogen-bond donors (Lipinski definition) is 1. The molecule has 3 fully saturated rings. The van der Waals surface area contributed by atoms with Crippen LogP contribution in [0.15, 0.2) is 28.8 Å². The van der Waals surface area contributed by atoms with E-state index in [4.69, 9.17) is 9.26 Å². The molecule has 1 aromatic carbocycles. The number of carbonyl (C=O) groups is 2. The van der Waals surface area contributed by atoms with E-state index in [1.165, 1.54) is 4.90 Å². The van der Waals surface area contributed by atoms with E-state index in [9.17, 15) is 18.0 Å². The molecule has 1 N–H and O–H groups in total. The smallest absolute Gasteiger partial charge is 0.327 e. The Bertz CT molecular complexity index is 1300. The molecule has 3 unspecified atom stereocenters. The molecule has 0 radical (unpaired) electrons. The third-order valence-corrected chi connectivity index (χ3v) is 10.1. The van der Waals surface area contributed by atoms with Gasteiger partial charge in [-0.1, -0.05) is 17.3 Å². The highest BCUT2D eigenvalue weighted by Crippen LogP contribution is 2.41. The number of sulfonamides is 1. The molecule has 2 aromatic rings. The Morgan fingerprint density at radius 3 is 2.59 bits per heavy atom. The molecule has 200 valence electrons. The van der Waals surface area contributed by atoms with Crippen LogP contribution in [-0.4, -0.2) is 59.3 Å². The molecule has 11 heteroatoms. The number of methoxy groups -OCH3 is 1. The maximum Gasteiger partial charge on any atom is 0.327 e. The van der Waals surface area contributed by atoms with Crippen molar-refractivity contribution in [3.8, 4) is 5.75 Å². The minimum Gasteiger partial charge on any atom is -0.497 e. The lowest BCUT2D eigenvalue weighted by molar-refractivity contribution is -0.141. The van der Waals surface area contributed by atoms with Crippen LogP contribution < -0.4 is 9.46 Å². The number of fused-ring (bicyclic) bond motifs is 1. The molecular formula is C26H34N4O6S. The zero-order valence-electron chi connectivity index (χ0n) is 21.7. The monoisotopic (exact) mass is 530 g/mol. The minimum atomic E-state index is -3.60. The molecule has 3 atom stereocenters. The Morgan fingerprint density at radius 2 is 1.95 bits per heavy atom. The maximum absolute atomic E-state index is 13.8. The van der Waals surface area contributed by atoms with Crippen molar-refractivity contribution in [1.82, 2.24) is 19.7 Å². The standard InChI is InChI=1S/C26H34N4O6S/c1-16-22(17(2)36-27-16)15-30-24(31)21-13-20(37(33,34)28-26(3)10-11-26)8-9-23(21)29(25(30)32)14-18-6-5-7-19(12-18)35-4/h5-7,12,20-21,23,28H,8-11,13-15H2,1-4H3. The van der Waals surface area contributed by atoms with Gasteiger partial charge in [0.2, 0.25) is 15.9 Å². The SMILES string of the molecule is COc1cccc(CN2C(=O)N(Cc3c(C)noc3C)C(=O)C3CC(S(=O)(=O)NC4(C)CC4)CCC32)c1. The van der Waals surface area contributed by atoms with Crippen LogP contribution in [0.5, 0.6) is 5.75 Å². The second-order valence-electron chi connectivity index (χ2n) is 10.8. The van der Waals surface area contributed by atoms with Crippen molar-refractivity contribution in [2.75, 3.05) is 7.11 Å². The van der Waals surface area contributed by atoms with Gasteiger partial charge in [-0.15, -0.1) is 0 Å². The molecule has 3 aliphatic rings. The first kappa shape index (κ1) is 25.7. The lowest BCUT2D eigenvalue weighted by Gasteiger charge is -2.48. The average molecular weight is 531 g/mol. The topological polar surface area (TPSA) is 122 Å². The second-order valence-corrected chi connectivity index (χ2v) is 12.8. The van der Waals surface area contributed by atoms with Gasteiger partial charge in [0, 0.05) is 23.7 Å². The second kappa shape index (κ2) is 9.43. The van der Waals surface area contributed by atoms with Crippen molar-refractivity contribution in [3.63, 3.8) is 0 Å². The van der Waals surface area contributed by atoms with Crippen LogP contribution in [0.4, 0.5) is 4.79 Å². The number of aryl methyl sites for hydroxylation is 2. The number of benzene rings is 1. The van der Waals surface area contributed by atoms with E-state index >= 15 is 0 Å². The summed E-state index contributed by atoms with van der Waals surface area (Å²) < 4.78 is 39.9. The fraction of sp³-hybridized carbons (Fsp3) is 0.577. The van der Waals surface area contributed by atoms with Crippen LogP contribution in [0.1, 0.15) is 61.6 Å². The van der Waals surface area contributed by atoms with Crippen molar-refractivity contribution in [1.29, 1.82) is 0 Å². The summed E-state index contributed by atoms with van der Waals surface area (Å²) >= 11 is 0. The Hall–Kier alpha value is -2.92. The average Bonchev–Trinajstić information content (AvgIpc) is 3.50. The summed E-state index contributed by atoms with van der Waals surface area (Å²) in [6, 6.07) is 6.71. The van der Waals surface area contributed by atoms with Gasteiger partial charge in [-0.2, -0.15) is 0 Å². The van der Waals surface area contributed by atoms with Gasteiger partial charge >= 0.3 is 6.03 Å². The van der Waals surface area contributed by atoms with Crippen LogP contribution in [0.25, 0.3) is 0 Å². The van der Waals surface area contributed by atoms with E-state index in [0.29, 0.717) is 35.6 Å². The van der Waals surface area contributed by atoms with Crippen molar-refractivity contribution < 1.29 is 27.3 Å². The number of nitrogens with zero attached hydrogens (tertiary/aromatic N) is 3. The fourth-order valence-electron chi connectivity index (χ4n) is 5.53. The molecule has 2 aliphatic carbocycles. The molecule has 10 nitrogen and oxygen atoms in total. The number of carbonyl (C=O) groups excluding carboxylic acids is 2. The number of rotatable bonds is 8. The first-order valence-corrected chi connectivity index (χ1v) is 14.3. The maximum atomic E-state index is 13.8. The molecule has 37 heavy (non-hydrogen) atoms. The van der Waals surface area contributed by atoms with E-state index in [0.717, 1.165) is 18.4 Å². The summed E-state index contributed by atoms with van der Waals surface area (Å²) in [7, 11) is -2.01. The Balaban J connectivity index is 1.46. The summed E-state index contributed by atoms with van der Waals surface area (Å²) in [4.78, 5) is 30.5. The third kappa shape index (κ3) is 4.98. The Kier molecular flexibility index (Phi) is 6.56. The van der Waals surface area contributed by atoms with Gasteiger partial charge < -0.3 is 14.2 Å². The summed E-state index contributed by atoms with van der Waals surface area (Å²) in [6.45, 7) is 5.75. The summed E-state index contributed by atoms with van der Waals surface area (Å²) in [6.07, 6.45) is 2.64. The molecule has 2 saturated carbocycles. The van der Waals surface area contributed by atoms with Crippen LogP contribution in [0.3, 0.4) is 0 Å². The van der Waals surface area contributed by atoms with Gasteiger partial charge in [0.25, 0.3) is 0 Å². The number of amides is 3. The van der Waals surface area contributed by atoms with Crippen molar-refractivity contribution in [2.45, 2.75) is 82.8 Å². The largest absolute Gasteiger partial charge is 0.497 e. The van der Waals surface area contributed by atoms with Gasteiger partial charge in [-0.05, 0) is 70.6 Å². The fourth-order valence-corrected chi connectivity index (χ4v) is 7.49. The van der Waals surface area contributed by atoms with Gasteiger partial charge in [-0.25, -0.2) is 17.9 Å². The summed E-state index contributed by atoms with van der Waals surface area (Å²) in [5.74, 6) is 0.266. The number of nitrogens with one attached hydrogen (secondary N) is 1. The van der Waals surface area contributed by atoms with E-state index in [1.807, 2.05) is 31.2 Å². The molecule has 0 bridgehead atoms. The van der Waals surface area contributed by atoms with Crippen molar-refractivity contribution >= 4 is 22.0 Å². The highest BCUT2D eigenvalue weighted by molar-refractivity contribution is 7.90. The van der Waals surface area contributed by atoms with Crippen LogP contribution >= 0.6 is 0 Å². The number of urea groups is 1. The normalized spacial score (nSPS) is 25.2. The predicted octanol–water partition coefficient (Wildman–Crippen LogP) is 3.27. The van der Waals surface area contributed by atoms with Gasteiger partial charge in [0.05, 0.1) is 30.5 Å². The van der Waals surface area contributed by atoms with Crippen LogP contribution in [0, 0.1) is 19.8 Å². The number of hydrogen-bond acceptors (Lipinski definition) is 7. The molecular weight excluding hydrogens is 496 g/mol. The Morgan fingerprint density at radius 1 is 1.19 bits per heavy atom. The summed E-state index contributed by atoms with van der Waals surface area (Å²) in [5, 5.41) is 3.29. The van der Waals surface area contributed by atoms with E-state index in [-0.39, 0.29) is 43.0 Å². The highest BCUT2D eigenvalue weighted by atomic mass is 32.2. The molecule has 1 saturated heterocycles. The van der Waals surface area contributed by atoms with Crippen molar-refractivity contribution in [2.24, 2.45) is 5.92 Å². The molecule has 1 aliphatic heterocycles. The zero-order chi connectivity index (χ0) is 26.5. The predicted molar refractivity (Wildman–Crippen MR) is 135 cm³/mol. The highest BCUT2D eigenvalue weighted by Gasteiger charge is 2.52. The first-order valence-electron chi connectivity index (χ1n) is 12.7. The molecule has 0 spiro atoms. The lowest BCUT2D eigenvalue weighted by Crippen LogP contribution is -2.63. The van der Waals surface area contributed by atoms with Crippen LogP contribution in [0.2, 0.25) is 0 Å². The van der Waals surface area contributed by atoms with Gasteiger partial charge in [-0.3, -0.25) is 9.69 Å². The van der Waals surface area contributed by atoms with Crippen LogP contribution in [-0.2, 0) is 27.9 Å². The molecule has 5 rings (SSSR count). The van der Waals surface area contributed by atoms with E-state index < -0.39 is 21.2 Å². The molecule has 2 heterocycles. The molecule has 3 amide bonds. The Labute approximate surface area is 217 Å². The number of ether oxygens (including phenoxy) is 1. The van der Waals surface area contributed by atoms with Crippen molar-refractivity contribution in [3.05, 3.63) is 46.8 Å². The van der Waals surface area contributed by atoms with E-state index in [2.05, 4.69) is 9.88 Å². The van der Waals surface area contributed by atoms with Gasteiger partial charge in [0.1, 0.15) is 11.5 Å². The minimum absolute atomic E-state index is 0.0321. The number of imide groups is 1. The zero-order valence-corrected chi connectivity index (χ0v) is 22.5. The first-order chi connectivity index (χ1) is 17.5. The van der Waals surface area contributed by atoms with Gasteiger partial charge in [0.15, 0.2) is 0 Å². The lowest BCUT2D eigenvalue weighted by atomic mass is 9.80.